The first-order valence-corrected chi connectivity index (χ1v) is 11.0. The molecule has 0 aliphatic carbocycles. The maximum absolute atomic E-state index is 12.6. The van der Waals surface area contributed by atoms with Gasteiger partial charge in [-0.2, -0.15) is 5.10 Å². The predicted molar refractivity (Wildman–Crippen MR) is 123 cm³/mol. The van der Waals surface area contributed by atoms with Crippen LogP contribution in [0.5, 0.6) is 0 Å². The van der Waals surface area contributed by atoms with Gasteiger partial charge in [-0.15, -0.1) is 0 Å². The summed E-state index contributed by atoms with van der Waals surface area (Å²) in [7, 11) is 0. The summed E-state index contributed by atoms with van der Waals surface area (Å²) >= 11 is 0. The van der Waals surface area contributed by atoms with E-state index in [1.807, 2.05) is 24.3 Å². The first-order valence-electron chi connectivity index (χ1n) is 11.0. The van der Waals surface area contributed by atoms with Crippen LogP contribution in [0.3, 0.4) is 0 Å². The third kappa shape index (κ3) is 4.79. The van der Waals surface area contributed by atoms with Gasteiger partial charge >= 0.3 is 5.97 Å². The number of carbonyl (C=O) groups excluding carboxylic acids is 3. The third-order valence-electron chi connectivity index (χ3n) is 5.65. The highest BCUT2D eigenvalue weighted by atomic mass is 16.5. The summed E-state index contributed by atoms with van der Waals surface area (Å²) in [4.78, 5) is 38.2. The summed E-state index contributed by atoms with van der Waals surface area (Å²) in [5, 5.41) is 7.18. The first-order chi connectivity index (χ1) is 16.0. The average molecular weight is 447 g/mol. The molecule has 1 fully saturated rings. The minimum Gasteiger partial charge on any atom is -0.462 e. The number of esters is 1. The molecule has 0 atom stereocenters. The zero-order valence-electron chi connectivity index (χ0n) is 18.7. The van der Waals surface area contributed by atoms with Crippen LogP contribution in [-0.2, 0) is 16.1 Å². The number of aromatic nitrogens is 2. The molecule has 170 valence electrons. The predicted octanol–water partition coefficient (Wildman–Crippen LogP) is 3.41. The molecule has 2 aromatic carbocycles. The zero-order chi connectivity index (χ0) is 23.4. The standard InChI is InChI=1S/C25H26N4O4/c1-3-33-25(32)22-16-27-29(17(22)2)21-12-8-19(9-13-21)24(31)26-15-18-6-10-20(11-7-18)28-14-4-5-23(28)30/h6-13,16H,3-5,14-15H2,1-2H3,(H,26,31). The highest BCUT2D eigenvalue weighted by molar-refractivity contribution is 5.95. The second kappa shape index (κ2) is 9.68. The SMILES string of the molecule is CCOC(=O)c1cnn(-c2ccc(C(=O)NCc3ccc(N4CCCC4=O)cc3)cc2)c1C. The molecule has 0 radical (unpaired) electrons. The van der Waals surface area contributed by atoms with Gasteiger partial charge in [-0.1, -0.05) is 12.1 Å². The molecule has 2 amide bonds. The Bertz CT molecular complexity index is 1170. The molecular formula is C25H26N4O4. The van der Waals surface area contributed by atoms with Crippen molar-refractivity contribution in [3.05, 3.63) is 77.1 Å². The lowest BCUT2D eigenvalue weighted by atomic mass is 10.1. The van der Waals surface area contributed by atoms with Crippen LogP contribution in [0.25, 0.3) is 5.69 Å². The number of anilines is 1. The van der Waals surface area contributed by atoms with Gasteiger partial charge in [0.05, 0.1) is 24.2 Å². The van der Waals surface area contributed by atoms with Crippen LogP contribution >= 0.6 is 0 Å². The molecule has 1 aliphatic heterocycles. The van der Waals surface area contributed by atoms with Crippen LogP contribution in [-0.4, -0.2) is 40.7 Å². The molecular weight excluding hydrogens is 420 g/mol. The van der Waals surface area contributed by atoms with Crippen molar-refractivity contribution in [1.29, 1.82) is 0 Å². The summed E-state index contributed by atoms with van der Waals surface area (Å²) in [6.45, 7) is 5.00. The lowest BCUT2D eigenvalue weighted by Crippen LogP contribution is -2.24. The largest absolute Gasteiger partial charge is 0.462 e. The van der Waals surface area contributed by atoms with Gasteiger partial charge in [0.1, 0.15) is 5.56 Å². The summed E-state index contributed by atoms with van der Waals surface area (Å²) in [6.07, 6.45) is 2.98. The van der Waals surface area contributed by atoms with Crippen LogP contribution in [0.4, 0.5) is 5.69 Å². The maximum Gasteiger partial charge on any atom is 0.341 e. The Morgan fingerprint density at radius 1 is 1.06 bits per heavy atom. The van der Waals surface area contributed by atoms with Crippen molar-refractivity contribution >= 4 is 23.5 Å². The molecule has 1 aromatic heterocycles. The summed E-state index contributed by atoms with van der Waals surface area (Å²) in [5.74, 6) is -0.441. The van der Waals surface area contributed by atoms with Gasteiger partial charge in [0, 0.05) is 30.8 Å². The van der Waals surface area contributed by atoms with Crippen molar-refractivity contribution in [2.75, 3.05) is 18.1 Å². The van der Waals surface area contributed by atoms with Crippen LogP contribution < -0.4 is 10.2 Å². The summed E-state index contributed by atoms with van der Waals surface area (Å²) in [5.41, 5.74) is 4.20. The second-order valence-corrected chi connectivity index (χ2v) is 7.82. The van der Waals surface area contributed by atoms with Gasteiger partial charge in [-0.25, -0.2) is 9.48 Å². The van der Waals surface area contributed by atoms with Gasteiger partial charge in [-0.05, 0) is 62.2 Å². The normalized spacial score (nSPS) is 13.3. The second-order valence-electron chi connectivity index (χ2n) is 7.82. The van der Waals surface area contributed by atoms with Gasteiger partial charge in [0.2, 0.25) is 5.91 Å². The number of rotatable bonds is 7. The molecule has 0 bridgehead atoms. The highest BCUT2D eigenvalue weighted by Gasteiger charge is 2.21. The van der Waals surface area contributed by atoms with Crippen molar-refractivity contribution < 1.29 is 19.1 Å². The van der Waals surface area contributed by atoms with Crippen molar-refractivity contribution in [3.63, 3.8) is 0 Å². The Morgan fingerprint density at radius 3 is 2.39 bits per heavy atom. The molecule has 1 N–H and O–H groups in total. The Morgan fingerprint density at radius 2 is 1.76 bits per heavy atom. The van der Waals surface area contributed by atoms with E-state index in [1.165, 1.54) is 6.20 Å². The number of hydrogen-bond acceptors (Lipinski definition) is 5. The fraction of sp³-hybridized carbons (Fsp3) is 0.280. The number of nitrogens with one attached hydrogen (secondary N) is 1. The molecule has 0 saturated carbocycles. The smallest absolute Gasteiger partial charge is 0.341 e. The van der Waals surface area contributed by atoms with Gasteiger partial charge < -0.3 is 15.0 Å². The van der Waals surface area contributed by atoms with E-state index in [0.717, 1.165) is 29.9 Å². The summed E-state index contributed by atoms with van der Waals surface area (Å²) < 4.78 is 6.69. The average Bonchev–Trinajstić information content (AvgIpc) is 3.43. The van der Waals surface area contributed by atoms with Gasteiger partial charge in [-0.3, -0.25) is 9.59 Å². The molecule has 8 nitrogen and oxygen atoms in total. The minimum absolute atomic E-state index is 0.155. The van der Waals surface area contributed by atoms with E-state index in [-0.39, 0.29) is 11.8 Å². The quantitative estimate of drug-likeness (QED) is 0.562. The molecule has 8 heteroatoms. The number of benzene rings is 2. The van der Waals surface area contributed by atoms with Crippen molar-refractivity contribution in [2.24, 2.45) is 0 Å². The maximum atomic E-state index is 12.6. The molecule has 1 aliphatic rings. The Kier molecular flexibility index (Phi) is 6.53. The van der Waals surface area contributed by atoms with E-state index in [9.17, 15) is 14.4 Å². The molecule has 4 rings (SSSR count). The minimum atomic E-state index is -0.405. The van der Waals surface area contributed by atoms with E-state index < -0.39 is 5.97 Å². The van der Waals surface area contributed by atoms with E-state index in [0.29, 0.717) is 36.4 Å². The Hall–Kier alpha value is -3.94. The van der Waals surface area contributed by atoms with E-state index in [4.69, 9.17) is 4.74 Å². The molecule has 3 aromatic rings. The van der Waals surface area contributed by atoms with E-state index in [2.05, 4.69) is 10.4 Å². The van der Waals surface area contributed by atoms with Gasteiger partial charge in [0.15, 0.2) is 0 Å². The molecule has 33 heavy (non-hydrogen) atoms. The van der Waals surface area contributed by atoms with Crippen LogP contribution in [0.15, 0.2) is 54.7 Å². The molecule has 0 spiro atoms. The highest BCUT2D eigenvalue weighted by Crippen LogP contribution is 2.21. The Labute approximate surface area is 192 Å². The topological polar surface area (TPSA) is 93.5 Å². The lowest BCUT2D eigenvalue weighted by Gasteiger charge is -2.16. The third-order valence-corrected chi connectivity index (χ3v) is 5.65. The van der Waals surface area contributed by atoms with Crippen molar-refractivity contribution in [3.8, 4) is 5.69 Å². The number of ether oxygens (including phenoxy) is 1. The summed E-state index contributed by atoms with van der Waals surface area (Å²) in [6, 6.07) is 14.7. The lowest BCUT2D eigenvalue weighted by molar-refractivity contribution is -0.117. The van der Waals surface area contributed by atoms with Crippen molar-refractivity contribution in [1.82, 2.24) is 15.1 Å². The van der Waals surface area contributed by atoms with Gasteiger partial charge in [0.25, 0.3) is 5.91 Å². The molecule has 0 unspecified atom stereocenters. The zero-order valence-corrected chi connectivity index (χ0v) is 18.7. The van der Waals surface area contributed by atoms with Crippen LogP contribution in [0.1, 0.15) is 51.7 Å². The first kappa shape index (κ1) is 22.3. The number of nitrogens with zero attached hydrogens (tertiary/aromatic N) is 3. The fourth-order valence-electron chi connectivity index (χ4n) is 3.83. The Balaban J connectivity index is 1.37. The van der Waals surface area contributed by atoms with Crippen LogP contribution in [0, 0.1) is 6.92 Å². The monoisotopic (exact) mass is 446 g/mol. The fourth-order valence-corrected chi connectivity index (χ4v) is 3.83. The molecule has 2 heterocycles. The van der Waals surface area contributed by atoms with Crippen molar-refractivity contribution in [2.45, 2.75) is 33.2 Å². The molecule has 1 saturated heterocycles. The van der Waals surface area contributed by atoms with E-state index >= 15 is 0 Å². The van der Waals surface area contributed by atoms with Crippen LogP contribution in [0.2, 0.25) is 0 Å². The number of amides is 2. The van der Waals surface area contributed by atoms with E-state index in [1.54, 1.807) is 47.7 Å². The number of hydrogen-bond donors (Lipinski definition) is 1. The number of carbonyl (C=O) groups is 3.